The number of hydrogen-bond acceptors (Lipinski definition) is 3. The highest BCUT2D eigenvalue weighted by Gasteiger charge is 2.28. The molecule has 1 saturated carbocycles. The lowest BCUT2D eigenvalue weighted by molar-refractivity contribution is 0.0891. The zero-order valence-electron chi connectivity index (χ0n) is 17.1. The fourth-order valence-corrected chi connectivity index (χ4v) is 5.49. The molecule has 0 radical (unpaired) electrons. The molecule has 0 aliphatic heterocycles. The number of nitrogens with one attached hydrogen (secondary N) is 1. The Kier molecular flexibility index (Phi) is 4.82. The lowest BCUT2D eigenvalue weighted by Crippen LogP contribution is -2.43. The molecule has 1 amide bonds. The number of halogens is 1. The molecule has 154 valence electrons. The predicted octanol–water partition coefficient (Wildman–Crippen LogP) is 5.91. The van der Waals surface area contributed by atoms with E-state index in [9.17, 15) is 9.18 Å². The molecule has 0 spiro atoms. The smallest absolute Gasteiger partial charge is 0.251 e. The summed E-state index contributed by atoms with van der Waals surface area (Å²) in [7, 11) is 0. The number of fused-ring (bicyclic) bond motifs is 3. The van der Waals surface area contributed by atoms with E-state index in [4.69, 9.17) is 4.98 Å². The Balaban J connectivity index is 1.42. The Morgan fingerprint density at radius 3 is 2.77 bits per heavy atom. The quantitative estimate of drug-likeness (QED) is 0.447. The van der Waals surface area contributed by atoms with Gasteiger partial charge in [0.25, 0.3) is 5.91 Å². The Labute approximate surface area is 178 Å². The van der Waals surface area contributed by atoms with Crippen LogP contribution in [0, 0.1) is 17.7 Å². The number of carbonyl (C=O) groups excluding carboxylic acids is 1. The van der Waals surface area contributed by atoms with Crippen LogP contribution in [0.4, 0.5) is 4.39 Å². The van der Waals surface area contributed by atoms with E-state index in [0.717, 1.165) is 32.9 Å². The molecule has 1 aliphatic rings. The number of hydrogen-bond donors (Lipinski definition) is 1. The molecule has 6 heteroatoms. The van der Waals surface area contributed by atoms with Gasteiger partial charge in [0, 0.05) is 23.4 Å². The summed E-state index contributed by atoms with van der Waals surface area (Å²) in [4.78, 5) is 18.4. The molecule has 4 nitrogen and oxygen atoms in total. The second-order valence-corrected chi connectivity index (χ2v) is 9.43. The molecular formula is C24H24FN3OS. The van der Waals surface area contributed by atoms with Crippen molar-refractivity contribution in [1.29, 1.82) is 0 Å². The molecule has 2 aromatic carbocycles. The van der Waals surface area contributed by atoms with Crippen molar-refractivity contribution in [1.82, 2.24) is 14.7 Å². The highest BCUT2D eigenvalue weighted by Crippen LogP contribution is 2.32. The van der Waals surface area contributed by atoms with Gasteiger partial charge in [0.2, 0.25) is 0 Å². The molecule has 2 aromatic heterocycles. The molecular weight excluding hydrogens is 397 g/mol. The first-order valence-electron chi connectivity index (χ1n) is 10.5. The van der Waals surface area contributed by atoms with Crippen molar-refractivity contribution in [3.8, 4) is 11.3 Å². The minimum Gasteiger partial charge on any atom is -0.349 e. The highest BCUT2D eigenvalue weighted by atomic mass is 32.1. The molecule has 0 saturated heterocycles. The third-order valence-corrected chi connectivity index (χ3v) is 7.54. The van der Waals surface area contributed by atoms with Gasteiger partial charge in [-0.25, -0.2) is 9.37 Å². The van der Waals surface area contributed by atoms with Crippen LogP contribution in [0.25, 0.3) is 26.4 Å². The molecule has 2 heterocycles. The van der Waals surface area contributed by atoms with Crippen LogP contribution in [-0.4, -0.2) is 21.3 Å². The molecule has 1 N–H and O–H groups in total. The van der Waals surface area contributed by atoms with Crippen LogP contribution in [0.2, 0.25) is 0 Å². The lowest BCUT2D eigenvalue weighted by Gasteiger charge is -2.34. The van der Waals surface area contributed by atoms with Gasteiger partial charge in [0.15, 0.2) is 4.96 Å². The number of aromatic nitrogens is 2. The number of carbonyl (C=O) groups is 1. The second-order valence-electron chi connectivity index (χ2n) is 8.42. The third-order valence-electron chi connectivity index (χ3n) is 6.52. The summed E-state index contributed by atoms with van der Waals surface area (Å²) in [5, 5.41) is 3.26. The monoisotopic (exact) mass is 421 g/mol. The number of thiazole rings is 1. The van der Waals surface area contributed by atoms with Crippen LogP contribution in [0.1, 0.15) is 43.5 Å². The van der Waals surface area contributed by atoms with Crippen molar-refractivity contribution < 1.29 is 9.18 Å². The van der Waals surface area contributed by atoms with Gasteiger partial charge in [0.05, 0.1) is 15.9 Å². The van der Waals surface area contributed by atoms with Crippen LogP contribution in [0.3, 0.4) is 0 Å². The Morgan fingerprint density at radius 1 is 1.17 bits per heavy atom. The van der Waals surface area contributed by atoms with E-state index in [1.807, 2.05) is 28.8 Å². The normalized spacial score (nSPS) is 21.9. The first-order chi connectivity index (χ1) is 14.5. The molecule has 0 bridgehead atoms. The Hall–Kier alpha value is -2.73. The summed E-state index contributed by atoms with van der Waals surface area (Å²) in [6.45, 7) is 4.52. The van der Waals surface area contributed by atoms with Crippen LogP contribution in [0.5, 0.6) is 0 Å². The van der Waals surface area contributed by atoms with Gasteiger partial charge in [-0.3, -0.25) is 9.20 Å². The third kappa shape index (κ3) is 3.39. The number of rotatable bonds is 3. The molecule has 30 heavy (non-hydrogen) atoms. The Morgan fingerprint density at radius 2 is 1.97 bits per heavy atom. The van der Waals surface area contributed by atoms with Gasteiger partial charge in [0.1, 0.15) is 5.82 Å². The van der Waals surface area contributed by atoms with Gasteiger partial charge in [-0.15, -0.1) is 0 Å². The summed E-state index contributed by atoms with van der Waals surface area (Å²) in [6, 6.07) is 12.4. The molecule has 5 rings (SSSR count). The molecule has 0 unspecified atom stereocenters. The van der Waals surface area contributed by atoms with Crippen LogP contribution in [-0.2, 0) is 0 Å². The van der Waals surface area contributed by atoms with Crippen molar-refractivity contribution in [2.24, 2.45) is 11.8 Å². The maximum absolute atomic E-state index is 13.2. The van der Waals surface area contributed by atoms with E-state index in [2.05, 4.69) is 19.2 Å². The minimum atomic E-state index is -0.256. The van der Waals surface area contributed by atoms with Gasteiger partial charge in [-0.05, 0) is 60.7 Å². The summed E-state index contributed by atoms with van der Waals surface area (Å²) in [5.74, 6) is 0.891. The van der Waals surface area contributed by atoms with Gasteiger partial charge in [-0.2, -0.15) is 0 Å². The SMILES string of the molecule is C[C@H]1[C@H](C)CCC[C@H]1NC(=O)c1ccc2c(c1)sc1nc(-c3ccc(F)cc3)cn12. The van der Waals surface area contributed by atoms with E-state index in [1.165, 1.54) is 25.0 Å². The van der Waals surface area contributed by atoms with E-state index < -0.39 is 0 Å². The van der Waals surface area contributed by atoms with Crippen molar-refractivity contribution in [2.45, 2.75) is 39.2 Å². The summed E-state index contributed by atoms with van der Waals surface area (Å²) in [6.07, 6.45) is 5.44. The van der Waals surface area contributed by atoms with Gasteiger partial charge < -0.3 is 5.32 Å². The molecule has 1 aliphatic carbocycles. The number of nitrogens with zero attached hydrogens (tertiary/aromatic N) is 2. The predicted molar refractivity (Wildman–Crippen MR) is 119 cm³/mol. The zero-order valence-corrected chi connectivity index (χ0v) is 17.9. The molecule has 4 aromatic rings. The summed E-state index contributed by atoms with van der Waals surface area (Å²) >= 11 is 1.56. The van der Waals surface area contributed by atoms with E-state index in [1.54, 1.807) is 23.5 Å². The first kappa shape index (κ1) is 19.2. The lowest BCUT2D eigenvalue weighted by atomic mass is 9.78. The second kappa shape index (κ2) is 7.51. The number of amides is 1. The first-order valence-corrected chi connectivity index (χ1v) is 11.3. The van der Waals surface area contributed by atoms with Gasteiger partial charge in [-0.1, -0.05) is 38.0 Å². The Bertz CT molecular complexity index is 1230. The van der Waals surface area contributed by atoms with Gasteiger partial charge >= 0.3 is 0 Å². The fraction of sp³-hybridized carbons (Fsp3) is 0.333. The minimum absolute atomic E-state index is 0.000825. The maximum atomic E-state index is 13.2. The van der Waals surface area contributed by atoms with Crippen LogP contribution in [0.15, 0.2) is 48.7 Å². The standard InChI is InChI=1S/C24H24FN3OS/c1-14-4-3-5-19(15(14)2)26-23(29)17-8-11-21-22(12-17)30-24-27-20(13-28(21)24)16-6-9-18(25)10-7-16/h6-15,19H,3-5H2,1-2H3,(H,26,29)/t14-,15+,19-/m1/s1. The number of benzene rings is 2. The van der Waals surface area contributed by atoms with Crippen molar-refractivity contribution in [3.05, 3.63) is 60.0 Å². The van der Waals surface area contributed by atoms with E-state index >= 15 is 0 Å². The highest BCUT2D eigenvalue weighted by molar-refractivity contribution is 7.23. The average Bonchev–Trinajstić information content (AvgIpc) is 3.29. The number of imidazole rings is 1. The molecule has 3 atom stereocenters. The van der Waals surface area contributed by atoms with Crippen LogP contribution >= 0.6 is 11.3 Å². The fourth-order valence-electron chi connectivity index (χ4n) is 4.44. The molecule has 1 fully saturated rings. The zero-order chi connectivity index (χ0) is 20.8. The van der Waals surface area contributed by atoms with Crippen LogP contribution < -0.4 is 5.32 Å². The van der Waals surface area contributed by atoms with E-state index in [0.29, 0.717) is 17.4 Å². The maximum Gasteiger partial charge on any atom is 0.251 e. The summed E-state index contributed by atoms with van der Waals surface area (Å²) < 4.78 is 16.3. The van der Waals surface area contributed by atoms with Crippen molar-refractivity contribution in [3.63, 3.8) is 0 Å². The average molecular weight is 422 g/mol. The van der Waals surface area contributed by atoms with E-state index in [-0.39, 0.29) is 17.8 Å². The van der Waals surface area contributed by atoms with Crippen molar-refractivity contribution in [2.75, 3.05) is 0 Å². The van der Waals surface area contributed by atoms with Crippen molar-refractivity contribution >= 4 is 32.4 Å². The topological polar surface area (TPSA) is 46.4 Å². The largest absolute Gasteiger partial charge is 0.349 e. The summed E-state index contributed by atoms with van der Waals surface area (Å²) in [5.41, 5.74) is 3.40.